The predicted octanol–water partition coefficient (Wildman–Crippen LogP) is 1.34. The quantitative estimate of drug-likeness (QED) is 0.733. The van der Waals surface area contributed by atoms with Crippen molar-refractivity contribution < 1.29 is 19.2 Å². The number of rotatable bonds is 6. The van der Waals surface area contributed by atoms with E-state index in [-0.39, 0.29) is 17.7 Å². The van der Waals surface area contributed by atoms with Crippen molar-refractivity contribution in [1.29, 1.82) is 0 Å². The number of aliphatic carboxylic acids is 1. The Kier molecular flexibility index (Phi) is 5.32. The Balaban J connectivity index is 2.53. The van der Waals surface area contributed by atoms with Gasteiger partial charge in [0.2, 0.25) is 0 Å². The van der Waals surface area contributed by atoms with Gasteiger partial charge in [-0.25, -0.2) is 0 Å². The first kappa shape index (κ1) is 14.8. The second-order valence-corrected chi connectivity index (χ2v) is 5.29. The molecule has 1 saturated heterocycles. The summed E-state index contributed by atoms with van der Waals surface area (Å²) < 4.78 is 10.5. The van der Waals surface area contributed by atoms with E-state index in [2.05, 4.69) is 14.4 Å². The lowest BCUT2D eigenvalue weighted by atomic mass is 9.96. The molecule has 1 N–H and O–H groups in total. The van der Waals surface area contributed by atoms with Crippen LogP contribution in [0.3, 0.4) is 0 Å². The summed E-state index contributed by atoms with van der Waals surface area (Å²) in [5.74, 6) is -1.13. The van der Waals surface area contributed by atoms with Crippen LogP contribution in [0.15, 0.2) is 0 Å². The van der Waals surface area contributed by atoms with Gasteiger partial charge in [0.15, 0.2) is 0 Å². The highest BCUT2D eigenvalue weighted by Crippen LogP contribution is 2.29. The fourth-order valence-corrected chi connectivity index (χ4v) is 2.20. The minimum atomic E-state index is -0.759. The highest BCUT2D eigenvalue weighted by Gasteiger charge is 2.39. The van der Waals surface area contributed by atoms with Gasteiger partial charge in [0, 0.05) is 15.5 Å². The van der Waals surface area contributed by atoms with E-state index in [1.165, 1.54) is 0 Å². The summed E-state index contributed by atoms with van der Waals surface area (Å²) in [5.41, 5.74) is -0.301. The number of nitrogens with zero attached hydrogens (tertiary/aromatic N) is 1. The lowest BCUT2D eigenvalue weighted by Crippen LogP contribution is -2.41. The molecule has 0 amide bonds. The molecule has 1 aliphatic heterocycles. The third kappa shape index (κ3) is 3.88. The number of carboxylic acid groups (broad SMARTS) is 1. The molecule has 100 valence electrons. The lowest BCUT2D eigenvalue weighted by Gasteiger charge is -2.30. The Morgan fingerprint density at radius 3 is 2.76 bits per heavy atom. The normalized spacial score (nSPS) is 26.0. The van der Waals surface area contributed by atoms with Crippen LogP contribution in [0, 0.1) is 5.92 Å². The van der Waals surface area contributed by atoms with Crippen LogP contribution in [-0.2, 0) is 14.1 Å². The van der Waals surface area contributed by atoms with E-state index < -0.39 is 5.97 Å². The number of likely N-dealkylation sites (N-methyl/N-ethyl adjacent to an activating group) is 1. The van der Waals surface area contributed by atoms with Crippen LogP contribution in [0.25, 0.3) is 0 Å². The predicted molar refractivity (Wildman–Crippen MR) is 67.6 cm³/mol. The average Bonchev–Trinajstić information content (AvgIpc) is 2.50. The van der Waals surface area contributed by atoms with Crippen LogP contribution in [0.2, 0.25) is 0 Å². The fourth-order valence-electron chi connectivity index (χ4n) is 2.06. The Hall–Kier alpha value is -0.220. The molecule has 1 aliphatic rings. The van der Waals surface area contributed by atoms with E-state index in [1.807, 2.05) is 20.9 Å². The van der Waals surface area contributed by atoms with Crippen molar-refractivity contribution in [3.8, 4) is 0 Å². The molecule has 3 atom stereocenters. The minimum absolute atomic E-state index is 0.163. The van der Waals surface area contributed by atoms with Crippen molar-refractivity contribution in [3.63, 3.8) is 0 Å². The van der Waals surface area contributed by atoms with Gasteiger partial charge in [0.1, 0.15) is 5.72 Å². The summed E-state index contributed by atoms with van der Waals surface area (Å²) in [6.45, 7) is 5.03. The molecule has 17 heavy (non-hydrogen) atoms. The first-order valence-corrected chi connectivity index (χ1v) is 6.27. The van der Waals surface area contributed by atoms with E-state index in [9.17, 15) is 4.79 Å². The smallest absolute Gasteiger partial charge is 0.306 e. The summed E-state index contributed by atoms with van der Waals surface area (Å²) in [5, 5.41) is 9.15. The minimum Gasteiger partial charge on any atom is -0.481 e. The number of ether oxygens (including phenoxy) is 1. The second-order valence-electron chi connectivity index (χ2n) is 4.95. The van der Waals surface area contributed by atoms with Crippen LogP contribution in [0.1, 0.15) is 26.7 Å². The molecule has 6 heteroatoms. The highest BCUT2D eigenvalue weighted by atomic mass is 31.0. The maximum atomic E-state index is 11.1. The van der Waals surface area contributed by atoms with Crippen LogP contribution in [-0.4, -0.2) is 48.0 Å². The maximum Gasteiger partial charge on any atom is 0.306 e. The molecule has 0 aromatic rings. The fraction of sp³-hybridized carbons (Fsp3) is 0.909. The van der Waals surface area contributed by atoms with Gasteiger partial charge in [-0.05, 0) is 33.7 Å². The molecule has 1 heterocycles. The summed E-state index contributed by atoms with van der Waals surface area (Å²) in [6, 6.07) is 0.163. The van der Waals surface area contributed by atoms with E-state index >= 15 is 0 Å². The maximum absolute atomic E-state index is 11.1. The Morgan fingerprint density at radius 2 is 2.35 bits per heavy atom. The third-order valence-electron chi connectivity index (χ3n) is 3.52. The number of hydrogen-bond donors (Lipinski definition) is 1. The molecule has 0 spiro atoms. The molecule has 5 nitrogen and oxygen atoms in total. The zero-order valence-corrected chi connectivity index (χ0v) is 11.8. The van der Waals surface area contributed by atoms with Gasteiger partial charge in [-0.15, -0.1) is 0 Å². The number of carbonyl (C=O) groups is 1. The highest BCUT2D eigenvalue weighted by molar-refractivity contribution is 7.09. The van der Waals surface area contributed by atoms with Gasteiger partial charge in [0.05, 0.1) is 19.1 Å². The summed E-state index contributed by atoms with van der Waals surface area (Å²) in [4.78, 5) is 13.2. The number of carboxylic acids is 1. The van der Waals surface area contributed by atoms with Gasteiger partial charge in [0.25, 0.3) is 0 Å². The van der Waals surface area contributed by atoms with Crippen molar-refractivity contribution >= 4 is 15.4 Å². The van der Waals surface area contributed by atoms with Crippen molar-refractivity contribution in [2.75, 3.05) is 20.3 Å². The molecule has 1 rings (SSSR count). The molecule has 0 bridgehead atoms. The molecule has 0 aliphatic carbocycles. The zero-order chi connectivity index (χ0) is 13.1. The second kappa shape index (κ2) is 6.10. The van der Waals surface area contributed by atoms with Crippen molar-refractivity contribution in [2.24, 2.45) is 5.92 Å². The van der Waals surface area contributed by atoms with E-state index in [4.69, 9.17) is 14.4 Å². The molecule has 0 radical (unpaired) electrons. The SMILES string of the molecule is CN1[C@@H](C[C@H](CCOP)C(=O)O)COC1(C)C. The Morgan fingerprint density at radius 1 is 1.71 bits per heavy atom. The largest absolute Gasteiger partial charge is 0.481 e. The molecule has 0 aromatic heterocycles. The Labute approximate surface area is 105 Å². The van der Waals surface area contributed by atoms with Gasteiger partial charge in [-0.2, -0.15) is 0 Å². The molecule has 0 saturated carbocycles. The molecule has 1 unspecified atom stereocenters. The molecule has 1 fully saturated rings. The lowest BCUT2D eigenvalue weighted by molar-refractivity contribution is -0.142. The first-order chi connectivity index (χ1) is 7.88. The standard InChI is InChI=1S/C11H22NO4P/c1-11(2)12(3)9(7-15-11)6-8(10(13)14)4-5-16-17/h8-9H,4-7,17H2,1-3H3,(H,13,14)/t8-,9-/m0/s1. The first-order valence-electron chi connectivity index (χ1n) is 5.80. The van der Waals surface area contributed by atoms with Crippen molar-refractivity contribution in [2.45, 2.75) is 38.5 Å². The van der Waals surface area contributed by atoms with Crippen LogP contribution < -0.4 is 0 Å². The summed E-state index contributed by atoms with van der Waals surface area (Å²) in [7, 11) is 4.12. The monoisotopic (exact) mass is 263 g/mol. The van der Waals surface area contributed by atoms with E-state index in [0.29, 0.717) is 26.1 Å². The summed E-state index contributed by atoms with van der Waals surface area (Å²) >= 11 is 0. The molecular weight excluding hydrogens is 241 g/mol. The van der Waals surface area contributed by atoms with E-state index in [0.717, 1.165) is 0 Å². The molecule has 0 aromatic carbocycles. The third-order valence-corrected chi connectivity index (χ3v) is 3.75. The number of hydrogen-bond acceptors (Lipinski definition) is 4. The topological polar surface area (TPSA) is 59.0 Å². The van der Waals surface area contributed by atoms with Crippen molar-refractivity contribution in [3.05, 3.63) is 0 Å². The van der Waals surface area contributed by atoms with Crippen LogP contribution >= 0.6 is 9.47 Å². The average molecular weight is 263 g/mol. The summed E-state index contributed by atoms with van der Waals surface area (Å²) in [6.07, 6.45) is 1.13. The zero-order valence-electron chi connectivity index (χ0n) is 10.7. The van der Waals surface area contributed by atoms with Gasteiger partial charge < -0.3 is 14.4 Å². The van der Waals surface area contributed by atoms with Gasteiger partial charge >= 0.3 is 5.97 Å². The Bertz CT molecular complexity index is 272. The van der Waals surface area contributed by atoms with Crippen LogP contribution in [0.4, 0.5) is 0 Å². The van der Waals surface area contributed by atoms with Gasteiger partial charge in [-0.1, -0.05) is 0 Å². The molecular formula is C11H22NO4P. The van der Waals surface area contributed by atoms with E-state index in [1.54, 1.807) is 0 Å². The van der Waals surface area contributed by atoms with Gasteiger partial charge in [-0.3, -0.25) is 9.69 Å². The van der Waals surface area contributed by atoms with Crippen LogP contribution in [0.5, 0.6) is 0 Å². The van der Waals surface area contributed by atoms with Crippen molar-refractivity contribution in [1.82, 2.24) is 4.90 Å².